The summed E-state index contributed by atoms with van der Waals surface area (Å²) in [6.07, 6.45) is 0. The van der Waals surface area contributed by atoms with E-state index in [0.29, 0.717) is 10.6 Å². The van der Waals surface area contributed by atoms with Crippen LogP contribution in [0, 0.1) is 6.92 Å². The Balaban J connectivity index is 2.33. The molecular weight excluding hydrogens is 349 g/mol. The van der Waals surface area contributed by atoms with Gasteiger partial charge in [0.25, 0.3) is 5.91 Å². The summed E-state index contributed by atoms with van der Waals surface area (Å²) < 4.78 is 0. The molecule has 0 aromatic heterocycles. The van der Waals surface area contributed by atoms with Crippen LogP contribution in [0.3, 0.4) is 0 Å². The molecule has 0 saturated heterocycles. The third-order valence-corrected chi connectivity index (χ3v) is 4.00. The van der Waals surface area contributed by atoms with Crippen LogP contribution in [-0.4, -0.2) is 17.0 Å². The van der Waals surface area contributed by atoms with Crippen molar-refractivity contribution in [2.24, 2.45) is 0 Å². The lowest BCUT2D eigenvalue weighted by molar-refractivity contribution is 0.0696. The number of carboxylic acids is 1. The van der Waals surface area contributed by atoms with Crippen molar-refractivity contribution >= 4 is 52.4 Å². The Hall–Kier alpha value is -1.75. The molecule has 0 fully saturated rings. The molecule has 22 heavy (non-hydrogen) atoms. The fourth-order valence-electron chi connectivity index (χ4n) is 1.74. The standard InChI is InChI=1S/C15H10Cl3NO3/c1-7-2-3-8(4-10(7)16)14(20)19-13-5-9(15(21)22)11(17)6-12(13)18/h2-6H,1H3,(H,19,20)(H,21,22). The molecule has 2 aromatic carbocycles. The number of aromatic carboxylic acids is 1. The lowest BCUT2D eigenvalue weighted by Crippen LogP contribution is -2.13. The van der Waals surface area contributed by atoms with Crippen molar-refractivity contribution in [2.75, 3.05) is 5.32 Å². The summed E-state index contributed by atoms with van der Waals surface area (Å²) in [6.45, 7) is 1.82. The van der Waals surface area contributed by atoms with Crippen LogP contribution in [0.5, 0.6) is 0 Å². The molecule has 0 radical (unpaired) electrons. The minimum atomic E-state index is -1.21. The normalized spacial score (nSPS) is 10.4. The second-order valence-electron chi connectivity index (χ2n) is 4.54. The number of carbonyl (C=O) groups excluding carboxylic acids is 1. The van der Waals surface area contributed by atoms with E-state index < -0.39 is 11.9 Å². The zero-order valence-corrected chi connectivity index (χ0v) is 13.6. The highest BCUT2D eigenvalue weighted by molar-refractivity contribution is 6.38. The molecule has 0 heterocycles. The largest absolute Gasteiger partial charge is 0.478 e. The van der Waals surface area contributed by atoms with Gasteiger partial charge in [-0.25, -0.2) is 4.79 Å². The minimum absolute atomic E-state index is 0.00567. The summed E-state index contributed by atoms with van der Waals surface area (Å²) >= 11 is 17.7. The molecule has 0 unspecified atom stereocenters. The third kappa shape index (κ3) is 3.53. The van der Waals surface area contributed by atoms with E-state index in [-0.39, 0.29) is 21.3 Å². The molecule has 0 aliphatic rings. The van der Waals surface area contributed by atoms with Crippen LogP contribution in [0.25, 0.3) is 0 Å². The number of carboxylic acid groups (broad SMARTS) is 1. The van der Waals surface area contributed by atoms with Gasteiger partial charge in [0.1, 0.15) is 0 Å². The average molecular weight is 359 g/mol. The third-order valence-electron chi connectivity index (χ3n) is 2.97. The number of amides is 1. The van der Waals surface area contributed by atoms with Crippen molar-refractivity contribution in [1.29, 1.82) is 0 Å². The number of carbonyl (C=O) groups is 2. The van der Waals surface area contributed by atoms with Crippen LogP contribution in [0.1, 0.15) is 26.3 Å². The Morgan fingerprint density at radius 1 is 1.00 bits per heavy atom. The van der Waals surface area contributed by atoms with Gasteiger partial charge in [-0.3, -0.25) is 4.79 Å². The van der Waals surface area contributed by atoms with Gasteiger partial charge in [0.2, 0.25) is 0 Å². The number of hydrogen-bond acceptors (Lipinski definition) is 2. The average Bonchev–Trinajstić information content (AvgIpc) is 2.44. The molecule has 2 N–H and O–H groups in total. The predicted octanol–water partition coefficient (Wildman–Crippen LogP) is 4.91. The lowest BCUT2D eigenvalue weighted by Gasteiger charge is -2.10. The molecule has 2 rings (SSSR count). The number of hydrogen-bond donors (Lipinski definition) is 2. The minimum Gasteiger partial charge on any atom is -0.478 e. The van der Waals surface area contributed by atoms with Crippen LogP contribution >= 0.6 is 34.8 Å². The van der Waals surface area contributed by atoms with E-state index in [2.05, 4.69) is 5.32 Å². The van der Waals surface area contributed by atoms with Gasteiger partial charge in [0, 0.05) is 10.6 Å². The van der Waals surface area contributed by atoms with E-state index in [1.54, 1.807) is 12.1 Å². The molecule has 7 heteroatoms. The highest BCUT2D eigenvalue weighted by atomic mass is 35.5. The Labute approximate surface area is 141 Å². The maximum Gasteiger partial charge on any atom is 0.337 e. The van der Waals surface area contributed by atoms with Gasteiger partial charge in [0.15, 0.2) is 0 Å². The van der Waals surface area contributed by atoms with Gasteiger partial charge in [-0.15, -0.1) is 0 Å². The van der Waals surface area contributed by atoms with E-state index in [9.17, 15) is 9.59 Å². The molecule has 0 bridgehead atoms. The Morgan fingerprint density at radius 2 is 1.68 bits per heavy atom. The topological polar surface area (TPSA) is 66.4 Å². The van der Waals surface area contributed by atoms with E-state index in [1.807, 2.05) is 6.92 Å². The van der Waals surface area contributed by atoms with E-state index >= 15 is 0 Å². The van der Waals surface area contributed by atoms with Gasteiger partial charge < -0.3 is 10.4 Å². The Bertz CT molecular complexity index is 775. The fraction of sp³-hybridized carbons (Fsp3) is 0.0667. The lowest BCUT2D eigenvalue weighted by atomic mass is 10.1. The number of nitrogens with one attached hydrogen (secondary N) is 1. The molecule has 1 amide bonds. The van der Waals surface area contributed by atoms with Gasteiger partial charge in [-0.2, -0.15) is 0 Å². The first-order valence-corrected chi connectivity index (χ1v) is 7.23. The molecule has 0 spiro atoms. The first kappa shape index (κ1) is 16.6. The molecule has 0 aliphatic heterocycles. The van der Waals surface area contributed by atoms with Gasteiger partial charge in [-0.05, 0) is 36.8 Å². The number of benzene rings is 2. The number of halogens is 3. The predicted molar refractivity (Wildman–Crippen MR) is 87.6 cm³/mol. The molecule has 114 valence electrons. The molecule has 0 atom stereocenters. The van der Waals surface area contributed by atoms with Crippen molar-refractivity contribution in [3.05, 3.63) is 62.1 Å². The highest BCUT2D eigenvalue weighted by Gasteiger charge is 2.15. The van der Waals surface area contributed by atoms with E-state index in [1.165, 1.54) is 18.2 Å². The fourth-order valence-corrected chi connectivity index (χ4v) is 2.43. The monoisotopic (exact) mass is 357 g/mol. The zero-order valence-electron chi connectivity index (χ0n) is 11.3. The van der Waals surface area contributed by atoms with Crippen LogP contribution in [-0.2, 0) is 0 Å². The maximum absolute atomic E-state index is 12.2. The first-order valence-electron chi connectivity index (χ1n) is 6.09. The summed E-state index contributed by atoms with van der Waals surface area (Å²) in [7, 11) is 0. The molecular formula is C15H10Cl3NO3. The summed E-state index contributed by atoms with van der Waals surface area (Å²) in [4.78, 5) is 23.3. The highest BCUT2D eigenvalue weighted by Crippen LogP contribution is 2.30. The Kier molecular flexibility index (Phi) is 4.96. The molecule has 0 saturated carbocycles. The van der Waals surface area contributed by atoms with Crippen LogP contribution in [0.15, 0.2) is 30.3 Å². The summed E-state index contributed by atoms with van der Waals surface area (Å²) in [5.74, 6) is -1.67. The summed E-state index contributed by atoms with van der Waals surface area (Å²) in [5.41, 5.74) is 1.18. The van der Waals surface area contributed by atoms with Crippen LogP contribution < -0.4 is 5.32 Å². The molecule has 4 nitrogen and oxygen atoms in total. The van der Waals surface area contributed by atoms with Crippen molar-refractivity contribution in [1.82, 2.24) is 0 Å². The molecule has 0 aliphatic carbocycles. The maximum atomic E-state index is 12.2. The SMILES string of the molecule is Cc1ccc(C(=O)Nc2cc(C(=O)O)c(Cl)cc2Cl)cc1Cl. The van der Waals surface area contributed by atoms with Gasteiger partial charge in [0.05, 0.1) is 21.3 Å². The van der Waals surface area contributed by atoms with E-state index in [4.69, 9.17) is 39.9 Å². The zero-order chi connectivity index (χ0) is 16.4. The summed E-state index contributed by atoms with van der Waals surface area (Å²) in [6, 6.07) is 7.32. The smallest absolute Gasteiger partial charge is 0.337 e. The van der Waals surface area contributed by atoms with Crippen LogP contribution in [0.2, 0.25) is 15.1 Å². The van der Waals surface area contributed by atoms with Gasteiger partial charge in [-0.1, -0.05) is 40.9 Å². The van der Waals surface area contributed by atoms with Crippen molar-refractivity contribution in [3.8, 4) is 0 Å². The quantitative estimate of drug-likeness (QED) is 0.819. The van der Waals surface area contributed by atoms with Crippen LogP contribution in [0.4, 0.5) is 5.69 Å². The number of rotatable bonds is 3. The van der Waals surface area contributed by atoms with Crippen molar-refractivity contribution in [3.63, 3.8) is 0 Å². The Morgan fingerprint density at radius 3 is 2.27 bits per heavy atom. The van der Waals surface area contributed by atoms with Crippen molar-refractivity contribution < 1.29 is 14.7 Å². The molecule has 2 aromatic rings. The number of anilines is 1. The first-order chi connectivity index (χ1) is 10.3. The van der Waals surface area contributed by atoms with Crippen molar-refractivity contribution in [2.45, 2.75) is 6.92 Å². The second kappa shape index (κ2) is 6.57. The van der Waals surface area contributed by atoms with Gasteiger partial charge >= 0.3 is 5.97 Å². The number of aryl methyl sites for hydroxylation is 1. The summed E-state index contributed by atoms with van der Waals surface area (Å²) in [5, 5.41) is 12.2. The second-order valence-corrected chi connectivity index (χ2v) is 5.76. The van der Waals surface area contributed by atoms with E-state index in [0.717, 1.165) is 5.56 Å².